The zero-order valence-corrected chi connectivity index (χ0v) is 11.5. The first-order valence-corrected chi connectivity index (χ1v) is 6.66. The minimum absolute atomic E-state index is 0.233. The van der Waals surface area contributed by atoms with Crippen molar-refractivity contribution in [3.8, 4) is 11.3 Å². The second kappa shape index (κ2) is 6.11. The second-order valence-corrected chi connectivity index (χ2v) is 4.77. The normalized spacial score (nSPS) is 10.7. The van der Waals surface area contributed by atoms with Crippen LogP contribution in [0.1, 0.15) is 12.8 Å². The maximum atomic E-state index is 8.75. The molecule has 0 bridgehead atoms. The van der Waals surface area contributed by atoms with Gasteiger partial charge in [0.2, 0.25) is 0 Å². The molecule has 0 amide bonds. The number of nitrogens with zero attached hydrogens (tertiary/aromatic N) is 3. The van der Waals surface area contributed by atoms with Crippen LogP contribution in [-0.4, -0.2) is 26.7 Å². The first-order valence-electron chi connectivity index (χ1n) is 5.58. The van der Waals surface area contributed by atoms with Crippen LogP contribution in [0.2, 0.25) is 0 Å². The maximum Gasteiger partial charge on any atom is 0.127 e. The zero-order valence-electron chi connectivity index (χ0n) is 9.38. The van der Waals surface area contributed by atoms with E-state index in [1.54, 1.807) is 0 Å². The third-order valence-electron chi connectivity index (χ3n) is 2.50. The molecule has 4 nitrogen and oxygen atoms in total. The number of benzene rings is 1. The Morgan fingerprint density at radius 1 is 1.18 bits per heavy atom. The molecular formula is C12H14IN3O. The molecular weight excluding hydrogens is 329 g/mol. The monoisotopic (exact) mass is 343 g/mol. The van der Waals surface area contributed by atoms with E-state index < -0.39 is 0 Å². The molecule has 0 saturated carbocycles. The topological polar surface area (TPSA) is 50.9 Å². The number of hydrogen-bond donors (Lipinski definition) is 1. The third kappa shape index (κ3) is 3.04. The first-order chi connectivity index (χ1) is 8.33. The summed E-state index contributed by atoms with van der Waals surface area (Å²) in [6.07, 6.45) is 1.72. The molecule has 1 N–H and O–H groups in total. The van der Waals surface area contributed by atoms with Gasteiger partial charge in [-0.25, -0.2) is 4.68 Å². The lowest BCUT2D eigenvalue weighted by Crippen LogP contribution is -2.03. The van der Waals surface area contributed by atoms with E-state index in [9.17, 15) is 0 Å². The van der Waals surface area contributed by atoms with E-state index in [-0.39, 0.29) is 6.61 Å². The molecule has 0 saturated heterocycles. The fourth-order valence-electron chi connectivity index (χ4n) is 1.59. The molecule has 0 atom stereocenters. The largest absolute Gasteiger partial charge is 0.396 e. The van der Waals surface area contributed by atoms with Gasteiger partial charge in [0.25, 0.3) is 0 Å². The number of hydrogen-bond acceptors (Lipinski definition) is 3. The van der Waals surface area contributed by atoms with Crippen molar-refractivity contribution in [3.63, 3.8) is 0 Å². The van der Waals surface area contributed by atoms with Gasteiger partial charge in [-0.3, -0.25) is 0 Å². The van der Waals surface area contributed by atoms with Crippen molar-refractivity contribution in [1.82, 2.24) is 15.0 Å². The average molecular weight is 343 g/mol. The summed E-state index contributed by atoms with van der Waals surface area (Å²) in [4.78, 5) is 0. The van der Waals surface area contributed by atoms with Gasteiger partial charge < -0.3 is 5.11 Å². The fourth-order valence-corrected chi connectivity index (χ4v) is 2.35. The summed E-state index contributed by atoms with van der Waals surface area (Å²) in [7, 11) is 0. The average Bonchev–Trinajstić information content (AvgIpc) is 2.73. The van der Waals surface area contributed by atoms with Crippen LogP contribution in [0.15, 0.2) is 30.3 Å². The lowest BCUT2D eigenvalue weighted by atomic mass is 10.2. The molecule has 0 aliphatic heterocycles. The van der Waals surface area contributed by atoms with Crippen molar-refractivity contribution in [1.29, 1.82) is 0 Å². The van der Waals surface area contributed by atoms with Crippen LogP contribution in [-0.2, 0) is 6.54 Å². The van der Waals surface area contributed by atoms with Crippen molar-refractivity contribution in [3.05, 3.63) is 34.0 Å². The van der Waals surface area contributed by atoms with Crippen molar-refractivity contribution in [2.45, 2.75) is 19.4 Å². The minimum Gasteiger partial charge on any atom is -0.396 e. The highest BCUT2D eigenvalue weighted by molar-refractivity contribution is 14.1. The summed E-state index contributed by atoms with van der Waals surface area (Å²) in [6, 6.07) is 10.0. The quantitative estimate of drug-likeness (QED) is 0.670. The Morgan fingerprint density at radius 3 is 2.65 bits per heavy atom. The lowest BCUT2D eigenvalue weighted by molar-refractivity contribution is 0.279. The van der Waals surface area contributed by atoms with E-state index in [1.165, 1.54) is 0 Å². The van der Waals surface area contributed by atoms with Gasteiger partial charge in [-0.05, 0) is 35.4 Å². The highest BCUT2D eigenvalue weighted by Gasteiger charge is 2.10. The summed E-state index contributed by atoms with van der Waals surface area (Å²) in [5.41, 5.74) is 2.01. The van der Waals surface area contributed by atoms with Crippen LogP contribution in [0.5, 0.6) is 0 Å². The Bertz CT molecular complexity index is 470. The third-order valence-corrected chi connectivity index (χ3v) is 3.57. The van der Waals surface area contributed by atoms with E-state index in [4.69, 9.17) is 5.11 Å². The van der Waals surface area contributed by atoms with Crippen LogP contribution < -0.4 is 0 Å². The number of aliphatic hydroxyl groups is 1. The molecule has 90 valence electrons. The summed E-state index contributed by atoms with van der Waals surface area (Å²) in [5, 5.41) is 17.1. The van der Waals surface area contributed by atoms with Crippen molar-refractivity contribution in [2.24, 2.45) is 0 Å². The molecule has 0 spiro atoms. The molecule has 0 aliphatic rings. The SMILES string of the molecule is OCCCCn1nnc(-c2ccccc2)c1I. The van der Waals surface area contributed by atoms with Crippen LogP contribution in [0.4, 0.5) is 0 Å². The summed E-state index contributed by atoms with van der Waals surface area (Å²) >= 11 is 2.27. The molecule has 0 fully saturated rings. The van der Waals surface area contributed by atoms with E-state index >= 15 is 0 Å². The Kier molecular flexibility index (Phi) is 4.49. The van der Waals surface area contributed by atoms with Crippen LogP contribution >= 0.6 is 22.6 Å². The summed E-state index contributed by atoms with van der Waals surface area (Å²) in [6.45, 7) is 1.04. The highest BCUT2D eigenvalue weighted by atomic mass is 127. The molecule has 2 rings (SSSR count). The first kappa shape index (κ1) is 12.5. The van der Waals surface area contributed by atoms with Gasteiger partial charge in [0, 0.05) is 18.7 Å². The van der Waals surface area contributed by atoms with Gasteiger partial charge in [0.1, 0.15) is 9.39 Å². The smallest absolute Gasteiger partial charge is 0.127 e. The standard InChI is InChI=1S/C12H14IN3O/c13-12-11(10-6-2-1-3-7-10)14-15-16(12)8-4-5-9-17/h1-3,6-7,17H,4-5,8-9H2. The zero-order chi connectivity index (χ0) is 12.1. The molecule has 0 radical (unpaired) electrons. The molecule has 0 aliphatic carbocycles. The van der Waals surface area contributed by atoms with Gasteiger partial charge in [0.15, 0.2) is 0 Å². The van der Waals surface area contributed by atoms with Crippen molar-refractivity contribution >= 4 is 22.6 Å². The van der Waals surface area contributed by atoms with E-state index in [0.29, 0.717) is 0 Å². The number of aromatic nitrogens is 3. The minimum atomic E-state index is 0.233. The molecule has 1 aromatic heterocycles. The maximum absolute atomic E-state index is 8.75. The Labute approximate surface area is 114 Å². The van der Waals surface area contributed by atoms with E-state index in [0.717, 1.165) is 34.3 Å². The highest BCUT2D eigenvalue weighted by Crippen LogP contribution is 2.22. The number of unbranched alkanes of at least 4 members (excludes halogenated alkanes) is 1. The molecule has 0 unspecified atom stereocenters. The Hall–Kier alpha value is -0.950. The number of rotatable bonds is 5. The molecule has 2 aromatic rings. The molecule has 5 heteroatoms. The summed E-state index contributed by atoms with van der Waals surface area (Å²) < 4.78 is 2.94. The van der Waals surface area contributed by atoms with Crippen LogP contribution in [0, 0.1) is 3.70 Å². The second-order valence-electron chi connectivity index (χ2n) is 3.75. The lowest BCUT2D eigenvalue weighted by Gasteiger charge is -2.01. The molecule has 1 heterocycles. The van der Waals surface area contributed by atoms with Gasteiger partial charge in [-0.15, -0.1) is 5.10 Å². The Balaban J connectivity index is 2.15. The number of halogens is 1. The van der Waals surface area contributed by atoms with Crippen LogP contribution in [0.25, 0.3) is 11.3 Å². The predicted molar refractivity (Wildman–Crippen MR) is 74.5 cm³/mol. The van der Waals surface area contributed by atoms with Gasteiger partial charge in [-0.1, -0.05) is 35.5 Å². The predicted octanol–water partition coefficient (Wildman–Crippen LogP) is 2.32. The van der Waals surface area contributed by atoms with Gasteiger partial charge in [0.05, 0.1) is 0 Å². The number of aryl methyl sites for hydroxylation is 1. The van der Waals surface area contributed by atoms with E-state index in [1.807, 2.05) is 35.0 Å². The van der Waals surface area contributed by atoms with Crippen molar-refractivity contribution < 1.29 is 5.11 Å². The molecule has 1 aromatic carbocycles. The van der Waals surface area contributed by atoms with Gasteiger partial charge >= 0.3 is 0 Å². The fraction of sp³-hybridized carbons (Fsp3) is 0.333. The van der Waals surface area contributed by atoms with Gasteiger partial charge in [-0.2, -0.15) is 0 Å². The number of aliphatic hydroxyl groups excluding tert-OH is 1. The van der Waals surface area contributed by atoms with Crippen molar-refractivity contribution in [2.75, 3.05) is 6.61 Å². The summed E-state index contributed by atoms with van der Waals surface area (Å²) in [5.74, 6) is 0. The van der Waals surface area contributed by atoms with Crippen LogP contribution in [0.3, 0.4) is 0 Å². The molecule has 17 heavy (non-hydrogen) atoms. The Morgan fingerprint density at radius 2 is 1.94 bits per heavy atom. The van der Waals surface area contributed by atoms with E-state index in [2.05, 4.69) is 32.9 Å².